The van der Waals surface area contributed by atoms with Crippen LogP contribution in [0, 0.1) is 17.8 Å². The van der Waals surface area contributed by atoms with Crippen molar-refractivity contribution in [2.45, 2.75) is 43.0 Å². The van der Waals surface area contributed by atoms with Crippen LogP contribution in [-0.2, 0) is 30.6 Å². The van der Waals surface area contributed by atoms with Gasteiger partial charge in [0.15, 0.2) is 0 Å². The normalized spacial score (nSPS) is 27.3. The van der Waals surface area contributed by atoms with Crippen molar-refractivity contribution in [2.24, 2.45) is 17.8 Å². The second-order valence-electron chi connectivity index (χ2n) is 10.8. The number of nitrogens with one attached hydrogen (secondary N) is 1. The molecule has 1 heterocycles. The smallest absolute Gasteiger partial charge is 0.247 e. The Morgan fingerprint density at radius 2 is 1.36 bits per heavy atom. The number of carbonyl (C=O) groups is 3. The van der Waals surface area contributed by atoms with Crippen molar-refractivity contribution in [3.63, 3.8) is 0 Å². The maximum atomic E-state index is 14.4. The average Bonchev–Trinajstić information content (AvgIpc) is 3.19. The lowest BCUT2D eigenvalue weighted by atomic mass is 9.54. The van der Waals surface area contributed by atoms with Crippen molar-refractivity contribution >= 4 is 62.5 Å². The molecule has 1 N–H and O–H groups in total. The van der Waals surface area contributed by atoms with E-state index in [-0.39, 0.29) is 5.92 Å². The summed E-state index contributed by atoms with van der Waals surface area (Å²) in [6.07, 6.45) is 0.702. The van der Waals surface area contributed by atoms with Gasteiger partial charge in [0, 0.05) is 10.2 Å². The van der Waals surface area contributed by atoms with E-state index >= 15 is 0 Å². The highest BCUT2D eigenvalue weighted by Gasteiger charge is 2.73. The third kappa shape index (κ3) is 3.47. The molecule has 3 aromatic carbocycles. The number of imide groups is 1. The fourth-order valence-corrected chi connectivity index (χ4v) is 8.37. The van der Waals surface area contributed by atoms with Gasteiger partial charge in [-0.1, -0.05) is 85.2 Å². The zero-order valence-electron chi connectivity index (χ0n) is 21.7. The number of carbonyl (C=O) groups excluding carboxylic acids is 3. The van der Waals surface area contributed by atoms with Crippen LogP contribution in [0.5, 0.6) is 0 Å². The Morgan fingerprint density at radius 3 is 1.77 bits per heavy atom. The van der Waals surface area contributed by atoms with Crippen LogP contribution in [-0.4, -0.2) is 28.7 Å². The van der Waals surface area contributed by atoms with E-state index in [1.54, 1.807) is 0 Å². The molecule has 1 aliphatic heterocycles. The van der Waals surface area contributed by atoms with Gasteiger partial charge in [0.1, 0.15) is 15.8 Å². The molecule has 5 nitrogen and oxygen atoms in total. The number of nitrogens with zero attached hydrogens (tertiary/aromatic N) is 1. The van der Waals surface area contributed by atoms with Crippen molar-refractivity contribution in [3.05, 3.63) is 99.0 Å². The molecule has 0 radical (unpaired) electrons. The molecular weight excluding hydrogens is 599 g/mol. The molecule has 0 aromatic heterocycles. The molecule has 0 unspecified atom stereocenters. The first-order valence-corrected chi connectivity index (χ1v) is 14.7. The number of amides is 3. The molecular formula is C31H27BrCl2N2O3. The summed E-state index contributed by atoms with van der Waals surface area (Å²) in [6, 6.07) is 19.6. The number of alkyl halides is 2. The van der Waals surface area contributed by atoms with Crippen molar-refractivity contribution < 1.29 is 14.4 Å². The number of aryl methyl sites for hydroxylation is 1. The Labute approximate surface area is 246 Å². The van der Waals surface area contributed by atoms with Crippen molar-refractivity contribution in [1.29, 1.82) is 0 Å². The Kier molecular flexibility index (Phi) is 6.25. The minimum absolute atomic E-state index is 0.349. The van der Waals surface area contributed by atoms with Crippen LogP contribution in [0.4, 0.5) is 5.69 Å². The van der Waals surface area contributed by atoms with Crippen molar-refractivity contribution in [1.82, 2.24) is 4.90 Å². The van der Waals surface area contributed by atoms with E-state index in [1.807, 2.05) is 87.5 Å². The van der Waals surface area contributed by atoms with Crippen LogP contribution < -0.4 is 5.32 Å². The lowest BCUT2D eigenvalue weighted by Gasteiger charge is -2.54. The third-order valence-corrected chi connectivity index (χ3v) is 10.3. The number of hydrogen-bond acceptors (Lipinski definition) is 3. The van der Waals surface area contributed by atoms with Crippen LogP contribution in [0.15, 0.2) is 71.2 Å². The predicted octanol–water partition coefficient (Wildman–Crippen LogP) is 6.57. The minimum Gasteiger partial charge on any atom is -0.324 e. The molecule has 0 spiro atoms. The lowest BCUT2D eigenvalue weighted by molar-refractivity contribution is -0.148. The highest BCUT2D eigenvalue weighted by Crippen LogP contribution is 2.69. The van der Waals surface area contributed by atoms with Gasteiger partial charge in [0.2, 0.25) is 17.7 Å². The summed E-state index contributed by atoms with van der Waals surface area (Å²) in [6.45, 7) is 5.67. The molecule has 3 atom stereocenters. The standard InChI is InChI=1S/C31H27BrCl2N2O3/c1-4-17-15-18(32)13-14-23(17)35-27(37)26(16(2)3)36-28(38)24-25(29(36)39)31(34)20-10-6-5-9-19(20)30(24,33)21-11-7-8-12-22(21)31/h5-16,24-26H,4H2,1-3H3,(H,35,37)/t24-,25-,26+,30?,31?/m1/s1. The Balaban J connectivity index is 1.47. The Bertz CT molecular complexity index is 1430. The van der Waals surface area contributed by atoms with Gasteiger partial charge in [-0.2, -0.15) is 0 Å². The zero-order valence-corrected chi connectivity index (χ0v) is 24.8. The number of anilines is 1. The molecule has 7 rings (SSSR count). The fraction of sp³-hybridized carbons (Fsp3) is 0.323. The molecule has 200 valence electrons. The summed E-state index contributed by atoms with van der Waals surface area (Å²) in [4.78, 5) is 41.1. The minimum atomic E-state index is -1.28. The SMILES string of the molecule is CCc1cc(Br)ccc1NC(=O)[C@H](C(C)C)N1C(=O)[C@H]2[C@H](C1=O)C1(Cl)c3ccccc3C2(Cl)c2ccccc21. The van der Waals surface area contributed by atoms with Crippen LogP contribution >= 0.6 is 39.1 Å². The number of benzene rings is 3. The molecule has 4 aliphatic rings. The average molecular weight is 626 g/mol. The molecule has 0 saturated carbocycles. The molecule has 39 heavy (non-hydrogen) atoms. The lowest BCUT2D eigenvalue weighted by Crippen LogP contribution is -2.57. The van der Waals surface area contributed by atoms with Gasteiger partial charge in [-0.05, 0) is 58.4 Å². The fourth-order valence-electron chi connectivity index (χ4n) is 6.86. The van der Waals surface area contributed by atoms with E-state index in [0.29, 0.717) is 12.1 Å². The summed E-state index contributed by atoms with van der Waals surface area (Å²) in [5.41, 5.74) is 4.53. The van der Waals surface area contributed by atoms with E-state index in [9.17, 15) is 14.4 Å². The summed E-state index contributed by atoms with van der Waals surface area (Å²) in [5.74, 6) is -3.58. The zero-order chi connectivity index (χ0) is 27.9. The second kappa shape index (κ2) is 9.18. The maximum Gasteiger partial charge on any atom is 0.247 e. The van der Waals surface area contributed by atoms with Crippen LogP contribution in [0.2, 0.25) is 0 Å². The molecule has 2 bridgehead atoms. The largest absolute Gasteiger partial charge is 0.324 e. The first-order chi connectivity index (χ1) is 18.6. The third-order valence-electron chi connectivity index (χ3n) is 8.50. The Morgan fingerprint density at radius 1 is 0.897 bits per heavy atom. The van der Waals surface area contributed by atoms with Gasteiger partial charge in [0.05, 0.1) is 11.8 Å². The number of hydrogen-bond donors (Lipinski definition) is 1. The van der Waals surface area contributed by atoms with Gasteiger partial charge < -0.3 is 5.32 Å². The molecule has 8 heteroatoms. The van der Waals surface area contributed by atoms with E-state index in [2.05, 4.69) is 21.2 Å². The van der Waals surface area contributed by atoms with Crippen LogP contribution in [0.25, 0.3) is 0 Å². The first-order valence-electron chi connectivity index (χ1n) is 13.1. The van der Waals surface area contributed by atoms with E-state index < -0.39 is 45.3 Å². The van der Waals surface area contributed by atoms with E-state index in [0.717, 1.165) is 37.2 Å². The monoisotopic (exact) mass is 624 g/mol. The molecule has 3 amide bonds. The number of halogens is 3. The topological polar surface area (TPSA) is 66.5 Å². The summed E-state index contributed by atoms with van der Waals surface area (Å²) in [7, 11) is 0. The van der Waals surface area contributed by atoms with Crippen LogP contribution in [0.1, 0.15) is 48.6 Å². The summed E-state index contributed by atoms with van der Waals surface area (Å²) >= 11 is 18.5. The van der Waals surface area contributed by atoms with Crippen molar-refractivity contribution in [2.75, 3.05) is 5.32 Å². The molecule has 1 saturated heterocycles. The second-order valence-corrected chi connectivity index (χ2v) is 13.0. The molecule has 3 aliphatic carbocycles. The van der Waals surface area contributed by atoms with Gasteiger partial charge in [-0.25, -0.2) is 0 Å². The quantitative estimate of drug-likeness (QED) is 0.258. The van der Waals surface area contributed by atoms with Crippen molar-refractivity contribution in [3.8, 4) is 0 Å². The Hall–Kier alpha value is -2.67. The summed E-state index contributed by atoms with van der Waals surface area (Å²) < 4.78 is 0.904. The molecule has 1 fully saturated rings. The van der Waals surface area contributed by atoms with Crippen LogP contribution in [0.3, 0.4) is 0 Å². The van der Waals surface area contributed by atoms with E-state index in [1.165, 1.54) is 0 Å². The highest BCUT2D eigenvalue weighted by atomic mass is 79.9. The van der Waals surface area contributed by atoms with E-state index in [4.69, 9.17) is 23.2 Å². The number of likely N-dealkylation sites (tertiary alicyclic amines) is 1. The molecule has 3 aromatic rings. The predicted molar refractivity (Wildman–Crippen MR) is 156 cm³/mol. The van der Waals surface area contributed by atoms with Gasteiger partial charge in [-0.15, -0.1) is 23.2 Å². The first kappa shape index (κ1) is 26.5. The summed E-state index contributed by atoms with van der Waals surface area (Å²) in [5, 5.41) is 2.99. The van der Waals surface area contributed by atoms with Gasteiger partial charge >= 0.3 is 0 Å². The van der Waals surface area contributed by atoms with Gasteiger partial charge in [-0.3, -0.25) is 19.3 Å². The maximum absolute atomic E-state index is 14.4. The van der Waals surface area contributed by atoms with Gasteiger partial charge in [0.25, 0.3) is 0 Å². The number of rotatable bonds is 5. The highest BCUT2D eigenvalue weighted by molar-refractivity contribution is 9.10.